The average Bonchev–Trinajstić information content (AvgIpc) is 2.33. The second-order valence-electron chi connectivity index (χ2n) is 3.30. The molecule has 1 aromatic rings. The molecule has 0 fully saturated rings. The van der Waals surface area contributed by atoms with Gasteiger partial charge >= 0.3 is 0 Å². The summed E-state index contributed by atoms with van der Waals surface area (Å²) in [6.07, 6.45) is 3.12. The van der Waals surface area contributed by atoms with Crippen LogP contribution in [-0.2, 0) is 4.79 Å². The molecule has 0 unspecified atom stereocenters. The third-order valence-corrected chi connectivity index (χ3v) is 3.67. The lowest BCUT2D eigenvalue weighted by atomic mass is 10.4. The molecule has 0 radical (unpaired) electrons. The smallest absolute Gasteiger partial charge is 0.230 e. The number of benzene rings is 1. The topological polar surface area (TPSA) is 29.1 Å². The van der Waals surface area contributed by atoms with Crippen LogP contribution in [0.3, 0.4) is 0 Å². The predicted molar refractivity (Wildman–Crippen MR) is 73.2 cm³/mol. The van der Waals surface area contributed by atoms with E-state index in [2.05, 4.69) is 11.6 Å². The van der Waals surface area contributed by atoms with E-state index in [9.17, 15) is 4.79 Å². The molecule has 0 saturated carbocycles. The first-order valence-electron chi connectivity index (χ1n) is 5.26. The number of nitrogens with one attached hydrogen (secondary N) is 1. The molecule has 0 atom stereocenters. The summed E-state index contributed by atoms with van der Waals surface area (Å²) in [7, 11) is 0. The Morgan fingerprint density at radius 3 is 2.75 bits per heavy atom. The molecule has 88 valence electrons. The predicted octanol–water partition coefficient (Wildman–Crippen LogP) is 2.65. The van der Waals surface area contributed by atoms with Gasteiger partial charge in [-0.2, -0.15) is 11.8 Å². The molecule has 0 aliphatic rings. The van der Waals surface area contributed by atoms with Gasteiger partial charge in [0.15, 0.2) is 0 Å². The monoisotopic (exact) mass is 255 g/mol. The Balaban J connectivity index is 2.11. The van der Waals surface area contributed by atoms with Crippen molar-refractivity contribution in [2.24, 2.45) is 0 Å². The SMILES string of the molecule is CSCCCNC(=O)CSc1ccccc1. The molecular formula is C12H17NOS2. The summed E-state index contributed by atoms with van der Waals surface area (Å²) < 4.78 is 0. The molecule has 0 heterocycles. The fraction of sp³-hybridized carbons (Fsp3) is 0.417. The zero-order valence-electron chi connectivity index (χ0n) is 9.44. The van der Waals surface area contributed by atoms with Gasteiger partial charge in [-0.25, -0.2) is 0 Å². The maximum atomic E-state index is 11.4. The van der Waals surface area contributed by atoms with Crippen LogP contribution in [0, 0.1) is 0 Å². The van der Waals surface area contributed by atoms with Gasteiger partial charge in [0.1, 0.15) is 0 Å². The molecule has 0 saturated heterocycles. The third kappa shape index (κ3) is 6.08. The van der Waals surface area contributed by atoms with Crippen molar-refractivity contribution in [1.29, 1.82) is 0 Å². The Hall–Kier alpha value is -0.610. The first kappa shape index (κ1) is 13.5. The summed E-state index contributed by atoms with van der Waals surface area (Å²) in [5.41, 5.74) is 0. The minimum absolute atomic E-state index is 0.120. The highest BCUT2D eigenvalue weighted by atomic mass is 32.2. The zero-order valence-corrected chi connectivity index (χ0v) is 11.1. The minimum Gasteiger partial charge on any atom is -0.355 e. The van der Waals surface area contributed by atoms with E-state index in [1.54, 1.807) is 11.8 Å². The van der Waals surface area contributed by atoms with Crippen molar-refractivity contribution in [2.45, 2.75) is 11.3 Å². The van der Waals surface area contributed by atoms with Crippen molar-refractivity contribution in [2.75, 3.05) is 24.3 Å². The van der Waals surface area contributed by atoms with Crippen molar-refractivity contribution in [1.82, 2.24) is 5.32 Å². The lowest BCUT2D eigenvalue weighted by Crippen LogP contribution is -2.26. The number of rotatable bonds is 7. The fourth-order valence-electron chi connectivity index (χ4n) is 1.16. The molecule has 0 aliphatic heterocycles. The van der Waals surface area contributed by atoms with Crippen LogP contribution in [0.4, 0.5) is 0 Å². The van der Waals surface area contributed by atoms with E-state index in [1.807, 2.05) is 42.1 Å². The van der Waals surface area contributed by atoms with Gasteiger partial charge in [-0.05, 0) is 30.6 Å². The molecule has 16 heavy (non-hydrogen) atoms. The molecule has 0 spiro atoms. The van der Waals surface area contributed by atoms with E-state index in [0.29, 0.717) is 5.75 Å². The summed E-state index contributed by atoms with van der Waals surface area (Å²) in [6.45, 7) is 0.787. The Morgan fingerprint density at radius 2 is 2.06 bits per heavy atom. The van der Waals surface area contributed by atoms with Gasteiger partial charge in [-0.3, -0.25) is 4.79 Å². The molecular weight excluding hydrogens is 238 g/mol. The second kappa shape index (κ2) is 8.53. The van der Waals surface area contributed by atoms with E-state index >= 15 is 0 Å². The van der Waals surface area contributed by atoms with E-state index in [1.165, 1.54) is 0 Å². The number of carbonyl (C=O) groups excluding carboxylic acids is 1. The maximum Gasteiger partial charge on any atom is 0.230 e. The van der Waals surface area contributed by atoms with E-state index in [0.717, 1.165) is 23.6 Å². The van der Waals surface area contributed by atoms with Crippen LogP contribution in [0.5, 0.6) is 0 Å². The van der Waals surface area contributed by atoms with Crippen molar-refractivity contribution < 1.29 is 4.79 Å². The maximum absolute atomic E-state index is 11.4. The second-order valence-corrected chi connectivity index (χ2v) is 5.33. The summed E-state index contributed by atoms with van der Waals surface area (Å²) in [6, 6.07) is 9.99. The summed E-state index contributed by atoms with van der Waals surface area (Å²) >= 11 is 3.38. The van der Waals surface area contributed by atoms with Crippen LogP contribution in [0.15, 0.2) is 35.2 Å². The number of hydrogen-bond acceptors (Lipinski definition) is 3. The van der Waals surface area contributed by atoms with Gasteiger partial charge in [-0.15, -0.1) is 11.8 Å². The molecule has 1 rings (SSSR count). The summed E-state index contributed by atoms with van der Waals surface area (Å²) in [4.78, 5) is 12.6. The lowest BCUT2D eigenvalue weighted by molar-refractivity contribution is -0.118. The Morgan fingerprint density at radius 1 is 1.31 bits per heavy atom. The number of thioether (sulfide) groups is 2. The molecule has 2 nitrogen and oxygen atoms in total. The third-order valence-electron chi connectivity index (χ3n) is 1.96. The molecule has 0 bridgehead atoms. The summed E-state index contributed by atoms with van der Waals surface area (Å²) in [5.74, 6) is 1.73. The first-order chi connectivity index (χ1) is 7.83. The quantitative estimate of drug-likeness (QED) is 0.600. The molecule has 1 N–H and O–H groups in total. The molecule has 4 heteroatoms. The van der Waals surface area contributed by atoms with Gasteiger partial charge in [-0.1, -0.05) is 18.2 Å². The number of carbonyl (C=O) groups is 1. The highest BCUT2D eigenvalue weighted by Crippen LogP contribution is 2.16. The highest BCUT2D eigenvalue weighted by molar-refractivity contribution is 8.00. The van der Waals surface area contributed by atoms with Gasteiger partial charge in [0, 0.05) is 11.4 Å². The van der Waals surface area contributed by atoms with Crippen LogP contribution in [-0.4, -0.2) is 30.2 Å². The van der Waals surface area contributed by atoms with Gasteiger partial charge < -0.3 is 5.32 Å². The number of hydrogen-bond donors (Lipinski definition) is 1. The summed E-state index contributed by atoms with van der Waals surface area (Å²) in [5, 5.41) is 2.91. The van der Waals surface area contributed by atoms with E-state index < -0.39 is 0 Å². The molecule has 1 aromatic carbocycles. The standard InChI is InChI=1S/C12H17NOS2/c1-15-9-5-8-13-12(14)10-16-11-6-3-2-4-7-11/h2-4,6-7H,5,8-10H2,1H3,(H,13,14). The average molecular weight is 255 g/mol. The van der Waals surface area contributed by atoms with Crippen LogP contribution in [0.2, 0.25) is 0 Å². The Kier molecular flexibility index (Phi) is 7.17. The van der Waals surface area contributed by atoms with Crippen LogP contribution < -0.4 is 5.32 Å². The normalized spacial score (nSPS) is 10.1. The van der Waals surface area contributed by atoms with Crippen molar-refractivity contribution in [3.8, 4) is 0 Å². The van der Waals surface area contributed by atoms with Crippen LogP contribution in [0.1, 0.15) is 6.42 Å². The lowest BCUT2D eigenvalue weighted by Gasteiger charge is -2.04. The van der Waals surface area contributed by atoms with Gasteiger partial charge in [0.2, 0.25) is 5.91 Å². The van der Waals surface area contributed by atoms with Gasteiger partial charge in [0.05, 0.1) is 5.75 Å². The van der Waals surface area contributed by atoms with Crippen molar-refractivity contribution in [3.05, 3.63) is 30.3 Å². The van der Waals surface area contributed by atoms with E-state index in [4.69, 9.17) is 0 Å². The fourth-order valence-corrected chi connectivity index (χ4v) is 2.34. The molecule has 0 aliphatic carbocycles. The Bertz CT molecular complexity index is 303. The molecule has 1 amide bonds. The van der Waals surface area contributed by atoms with Crippen LogP contribution in [0.25, 0.3) is 0 Å². The zero-order chi connectivity index (χ0) is 11.6. The van der Waals surface area contributed by atoms with Crippen molar-refractivity contribution in [3.63, 3.8) is 0 Å². The highest BCUT2D eigenvalue weighted by Gasteiger charge is 2.01. The Labute approximate surface area is 106 Å². The van der Waals surface area contributed by atoms with Gasteiger partial charge in [0.25, 0.3) is 0 Å². The van der Waals surface area contributed by atoms with Crippen molar-refractivity contribution >= 4 is 29.4 Å². The van der Waals surface area contributed by atoms with Crippen LogP contribution >= 0.6 is 23.5 Å². The first-order valence-corrected chi connectivity index (χ1v) is 7.64. The van der Waals surface area contributed by atoms with E-state index in [-0.39, 0.29) is 5.91 Å². The number of amides is 1. The largest absolute Gasteiger partial charge is 0.355 e. The minimum atomic E-state index is 0.120. The molecule has 0 aromatic heterocycles.